The van der Waals surface area contributed by atoms with Crippen molar-refractivity contribution in [3.05, 3.63) is 57.8 Å². The predicted octanol–water partition coefficient (Wildman–Crippen LogP) is 4.77. The van der Waals surface area contributed by atoms with Crippen LogP contribution >= 0.6 is 22.7 Å². The summed E-state index contributed by atoms with van der Waals surface area (Å²) in [5, 5.41) is 5.63. The second-order valence-corrected chi connectivity index (χ2v) is 6.83. The van der Waals surface area contributed by atoms with Crippen LogP contribution in [0.15, 0.2) is 41.8 Å². The quantitative estimate of drug-likeness (QED) is 0.728. The molecular formula is C16H17NS2. The number of hydrogen-bond donors (Lipinski definition) is 1. The van der Waals surface area contributed by atoms with Crippen LogP contribution in [0.1, 0.15) is 22.0 Å². The van der Waals surface area contributed by atoms with Crippen molar-refractivity contribution in [1.82, 2.24) is 5.32 Å². The highest BCUT2D eigenvalue weighted by Gasteiger charge is 2.14. The van der Waals surface area contributed by atoms with Crippen molar-refractivity contribution in [2.75, 3.05) is 7.05 Å². The predicted molar refractivity (Wildman–Crippen MR) is 86.4 cm³/mol. The summed E-state index contributed by atoms with van der Waals surface area (Å²) in [4.78, 5) is 1.44. The van der Waals surface area contributed by atoms with Gasteiger partial charge in [0.1, 0.15) is 0 Å². The van der Waals surface area contributed by atoms with E-state index in [1.165, 1.54) is 25.4 Å². The van der Waals surface area contributed by atoms with Crippen LogP contribution in [-0.2, 0) is 6.42 Å². The molecule has 3 aromatic rings. The molecule has 0 radical (unpaired) electrons. The van der Waals surface area contributed by atoms with E-state index < -0.39 is 0 Å². The third-order valence-corrected chi connectivity index (χ3v) is 5.74. The van der Waals surface area contributed by atoms with Gasteiger partial charge in [0.2, 0.25) is 0 Å². The molecule has 0 fully saturated rings. The Morgan fingerprint density at radius 2 is 2.00 bits per heavy atom. The lowest BCUT2D eigenvalue weighted by Gasteiger charge is -2.16. The summed E-state index contributed by atoms with van der Waals surface area (Å²) in [6.45, 7) is 2.19. The maximum atomic E-state index is 3.46. The average molecular weight is 287 g/mol. The summed E-state index contributed by atoms with van der Waals surface area (Å²) in [5.74, 6) is 0. The van der Waals surface area contributed by atoms with E-state index in [1.54, 1.807) is 0 Å². The first kappa shape index (κ1) is 12.9. The van der Waals surface area contributed by atoms with E-state index in [0.29, 0.717) is 6.04 Å². The van der Waals surface area contributed by atoms with Gasteiger partial charge < -0.3 is 5.32 Å². The number of benzene rings is 1. The highest BCUT2D eigenvalue weighted by Crippen LogP contribution is 2.34. The molecule has 98 valence electrons. The Morgan fingerprint density at radius 1 is 1.16 bits per heavy atom. The van der Waals surface area contributed by atoms with Crippen LogP contribution in [0.4, 0.5) is 0 Å². The van der Waals surface area contributed by atoms with Crippen molar-refractivity contribution < 1.29 is 0 Å². The molecule has 0 aliphatic rings. The molecule has 0 amide bonds. The van der Waals surface area contributed by atoms with Gasteiger partial charge in [-0.25, -0.2) is 0 Å². The number of fused-ring (bicyclic) bond motifs is 1. The fraction of sp³-hybridized carbons (Fsp3) is 0.250. The molecule has 0 saturated heterocycles. The molecule has 0 aliphatic carbocycles. The van der Waals surface area contributed by atoms with E-state index in [1.807, 2.05) is 22.7 Å². The number of thiophene rings is 2. The van der Waals surface area contributed by atoms with Gasteiger partial charge in [0.15, 0.2) is 0 Å². The van der Waals surface area contributed by atoms with Gasteiger partial charge in [-0.2, -0.15) is 0 Å². The third-order valence-electron chi connectivity index (χ3n) is 3.54. The summed E-state index contributed by atoms with van der Waals surface area (Å²) >= 11 is 3.74. The molecule has 1 nitrogen and oxygen atoms in total. The molecular weight excluding hydrogens is 270 g/mol. The molecule has 2 heterocycles. The van der Waals surface area contributed by atoms with E-state index in [2.05, 4.69) is 61.1 Å². The van der Waals surface area contributed by atoms with E-state index in [-0.39, 0.29) is 0 Å². The van der Waals surface area contributed by atoms with Gasteiger partial charge in [0, 0.05) is 20.3 Å². The third kappa shape index (κ3) is 2.59. The molecule has 3 heteroatoms. The van der Waals surface area contributed by atoms with Crippen molar-refractivity contribution in [2.24, 2.45) is 0 Å². The second kappa shape index (κ2) is 5.45. The Morgan fingerprint density at radius 3 is 2.74 bits per heavy atom. The van der Waals surface area contributed by atoms with E-state index in [4.69, 9.17) is 0 Å². The smallest absolute Gasteiger partial charge is 0.0454 e. The lowest BCUT2D eigenvalue weighted by atomic mass is 10.0. The Bertz CT molecular complexity index is 652. The van der Waals surface area contributed by atoms with Gasteiger partial charge in [-0.3, -0.25) is 0 Å². The molecule has 0 saturated carbocycles. The average Bonchev–Trinajstić information content (AvgIpc) is 2.98. The zero-order chi connectivity index (χ0) is 13.2. The second-order valence-electron chi connectivity index (χ2n) is 4.77. The van der Waals surface area contributed by atoms with E-state index >= 15 is 0 Å². The molecule has 0 bridgehead atoms. The minimum Gasteiger partial charge on any atom is -0.312 e. The molecule has 3 rings (SSSR count). The Labute approximate surface area is 121 Å². The Hall–Kier alpha value is -1.16. The topological polar surface area (TPSA) is 12.0 Å². The zero-order valence-electron chi connectivity index (χ0n) is 11.1. The molecule has 1 atom stereocenters. The van der Waals surface area contributed by atoms with Crippen LogP contribution in [0.25, 0.3) is 9.40 Å². The summed E-state index contributed by atoms with van der Waals surface area (Å²) in [5.41, 5.74) is 2.81. The molecule has 1 N–H and O–H groups in total. The number of rotatable bonds is 4. The van der Waals surface area contributed by atoms with Gasteiger partial charge in [-0.1, -0.05) is 24.3 Å². The van der Waals surface area contributed by atoms with Crippen LogP contribution in [0.3, 0.4) is 0 Å². The molecule has 2 aromatic heterocycles. The Balaban J connectivity index is 1.88. The standard InChI is InChI=1S/C16H17NS2/c1-11-5-3-4-6-12(11)9-13(17-2)15-10-16-14(19-15)7-8-18-16/h3-8,10,13,17H,9H2,1-2H3. The van der Waals surface area contributed by atoms with Crippen LogP contribution < -0.4 is 5.32 Å². The fourth-order valence-corrected chi connectivity index (χ4v) is 4.59. The van der Waals surface area contributed by atoms with Crippen molar-refractivity contribution in [1.29, 1.82) is 0 Å². The van der Waals surface area contributed by atoms with Gasteiger partial charge in [0.25, 0.3) is 0 Å². The number of hydrogen-bond acceptors (Lipinski definition) is 3. The maximum absolute atomic E-state index is 3.46. The maximum Gasteiger partial charge on any atom is 0.0454 e. The fourth-order valence-electron chi connectivity index (χ4n) is 2.36. The van der Waals surface area contributed by atoms with Gasteiger partial charge >= 0.3 is 0 Å². The first-order valence-corrected chi connectivity index (χ1v) is 8.16. The molecule has 19 heavy (non-hydrogen) atoms. The molecule has 1 aromatic carbocycles. The summed E-state index contributed by atoms with van der Waals surface area (Å²) in [6.07, 6.45) is 1.05. The Kier molecular flexibility index (Phi) is 3.69. The SMILES string of the molecule is CNC(Cc1ccccc1C)c1cc2sccc2s1. The van der Waals surface area contributed by atoms with Crippen LogP contribution in [0, 0.1) is 6.92 Å². The molecule has 0 spiro atoms. The summed E-state index contributed by atoms with van der Waals surface area (Å²) in [6, 6.07) is 13.6. The lowest BCUT2D eigenvalue weighted by Crippen LogP contribution is -2.18. The van der Waals surface area contributed by atoms with Gasteiger partial charge in [-0.15, -0.1) is 22.7 Å². The van der Waals surface area contributed by atoms with Crippen molar-refractivity contribution in [2.45, 2.75) is 19.4 Å². The van der Waals surface area contributed by atoms with Crippen LogP contribution in [0.2, 0.25) is 0 Å². The number of likely N-dealkylation sites (N-methyl/N-ethyl adjacent to an activating group) is 1. The summed E-state index contributed by atoms with van der Waals surface area (Å²) in [7, 11) is 2.05. The van der Waals surface area contributed by atoms with Gasteiger partial charge in [0.05, 0.1) is 0 Å². The monoisotopic (exact) mass is 287 g/mol. The summed E-state index contributed by atoms with van der Waals surface area (Å²) < 4.78 is 2.81. The molecule has 1 unspecified atom stereocenters. The minimum absolute atomic E-state index is 0.408. The lowest BCUT2D eigenvalue weighted by molar-refractivity contribution is 0.601. The van der Waals surface area contributed by atoms with Gasteiger partial charge in [-0.05, 0) is 49.0 Å². The van der Waals surface area contributed by atoms with E-state index in [9.17, 15) is 0 Å². The molecule has 0 aliphatic heterocycles. The zero-order valence-corrected chi connectivity index (χ0v) is 12.8. The highest BCUT2D eigenvalue weighted by atomic mass is 32.1. The number of nitrogens with one attached hydrogen (secondary N) is 1. The van der Waals surface area contributed by atoms with Crippen molar-refractivity contribution in [3.8, 4) is 0 Å². The first-order chi connectivity index (χ1) is 9.28. The van der Waals surface area contributed by atoms with E-state index in [0.717, 1.165) is 6.42 Å². The number of aryl methyl sites for hydroxylation is 1. The normalized spacial score (nSPS) is 12.9. The van der Waals surface area contributed by atoms with Crippen LogP contribution in [0.5, 0.6) is 0 Å². The first-order valence-electron chi connectivity index (χ1n) is 6.46. The van der Waals surface area contributed by atoms with Crippen molar-refractivity contribution in [3.63, 3.8) is 0 Å². The van der Waals surface area contributed by atoms with Crippen LogP contribution in [-0.4, -0.2) is 7.05 Å². The van der Waals surface area contributed by atoms with Crippen molar-refractivity contribution >= 4 is 32.1 Å². The largest absolute Gasteiger partial charge is 0.312 e. The minimum atomic E-state index is 0.408. The highest BCUT2D eigenvalue weighted by molar-refractivity contribution is 7.26.